The highest BCUT2D eigenvalue weighted by molar-refractivity contribution is 5.92. The molecule has 1 aromatic heterocycles. The van der Waals surface area contributed by atoms with E-state index >= 15 is 0 Å². The minimum Gasteiger partial charge on any atom is -0.497 e. The van der Waals surface area contributed by atoms with E-state index in [0.29, 0.717) is 5.92 Å². The van der Waals surface area contributed by atoms with Gasteiger partial charge in [-0.1, -0.05) is 24.3 Å². The van der Waals surface area contributed by atoms with Crippen molar-refractivity contribution in [2.45, 2.75) is 51.6 Å². The molecule has 32 heavy (non-hydrogen) atoms. The van der Waals surface area contributed by atoms with Gasteiger partial charge in [-0.3, -0.25) is 0 Å². The number of likely N-dealkylation sites (tertiary alicyclic amines) is 1. The number of amides is 1. The van der Waals surface area contributed by atoms with Crippen LogP contribution in [0.15, 0.2) is 36.4 Å². The molecule has 0 atom stereocenters. The van der Waals surface area contributed by atoms with Gasteiger partial charge in [-0.05, 0) is 56.7 Å². The number of piperidine rings is 1. The highest BCUT2D eigenvalue weighted by Gasteiger charge is 2.28. The molecule has 5 rings (SSSR count). The fraction of sp³-hybridized carbons (Fsp3) is 0.423. The summed E-state index contributed by atoms with van der Waals surface area (Å²) in [6, 6.07) is 12.6. The maximum absolute atomic E-state index is 12.3. The van der Waals surface area contributed by atoms with Crippen LogP contribution in [0.2, 0.25) is 0 Å². The average Bonchev–Trinajstić information content (AvgIpc) is 2.76. The van der Waals surface area contributed by atoms with Gasteiger partial charge in [0.15, 0.2) is 5.82 Å². The number of aromatic nitrogens is 2. The summed E-state index contributed by atoms with van der Waals surface area (Å²) < 4.78 is 10.9. The van der Waals surface area contributed by atoms with E-state index in [0.717, 1.165) is 60.7 Å². The summed E-state index contributed by atoms with van der Waals surface area (Å²) in [5, 5.41) is 1.17. The molecule has 1 amide bonds. The van der Waals surface area contributed by atoms with Gasteiger partial charge in [0, 0.05) is 36.5 Å². The van der Waals surface area contributed by atoms with Gasteiger partial charge < -0.3 is 14.4 Å². The zero-order valence-corrected chi connectivity index (χ0v) is 19.1. The molecular weight excluding hydrogens is 402 g/mol. The van der Waals surface area contributed by atoms with E-state index in [1.165, 1.54) is 16.5 Å². The monoisotopic (exact) mass is 431 g/mol. The second-order valence-electron chi connectivity index (χ2n) is 9.72. The Labute approximate surface area is 188 Å². The molecular formula is C26H29N3O3. The molecule has 1 aliphatic carbocycles. The first-order valence-electron chi connectivity index (χ1n) is 11.3. The maximum atomic E-state index is 12.3. The largest absolute Gasteiger partial charge is 0.497 e. The third-order valence-electron chi connectivity index (χ3n) is 6.31. The standard InChI is InChI=1S/C26H29N3O3/c1-26(2,3)32-25(30)29-11-9-17(10-12-29)16-5-7-18(8-6-16)24-27-21-14-19-13-20(31-4)15-22(28-24)23(19)21/h5-8,13,15,17H,9-12,14H2,1-4H3. The summed E-state index contributed by atoms with van der Waals surface area (Å²) in [6.07, 6.45) is 2.54. The van der Waals surface area contributed by atoms with Crippen LogP contribution in [0.4, 0.5) is 4.79 Å². The molecule has 0 N–H and O–H groups in total. The van der Waals surface area contributed by atoms with Crippen molar-refractivity contribution in [2.75, 3.05) is 20.2 Å². The van der Waals surface area contributed by atoms with Crippen LogP contribution in [-0.2, 0) is 11.2 Å². The Morgan fingerprint density at radius 1 is 1.06 bits per heavy atom. The van der Waals surface area contributed by atoms with Crippen LogP contribution in [0.25, 0.3) is 22.3 Å². The molecule has 1 saturated heterocycles. The number of carbonyl (C=O) groups is 1. The Kier molecular flexibility index (Phi) is 5.03. The Balaban J connectivity index is 1.29. The molecule has 3 aromatic rings. The van der Waals surface area contributed by atoms with Gasteiger partial charge in [0.1, 0.15) is 11.4 Å². The van der Waals surface area contributed by atoms with Gasteiger partial charge in [-0.15, -0.1) is 0 Å². The van der Waals surface area contributed by atoms with Gasteiger partial charge in [0.2, 0.25) is 0 Å². The number of nitrogens with zero attached hydrogens (tertiary/aromatic N) is 3. The van der Waals surface area contributed by atoms with E-state index in [2.05, 4.69) is 30.3 Å². The van der Waals surface area contributed by atoms with Crippen LogP contribution in [0.5, 0.6) is 5.75 Å². The highest BCUT2D eigenvalue weighted by Crippen LogP contribution is 2.37. The first-order valence-corrected chi connectivity index (χ1v) is 11.3. The lowest BCUT2D eigenvalue weighted by Gasteiger charge is -2.33. The van der Waals surface area contributed by atoms with E-state index in [1.807, 2.05) is 31.7 Å². The van der Waals surface area contributed by atoms with Crippen LogP contribution in [-0.4, -0.2) is 46.8 Å². The number of carbonyl (C=O) groups excluding carboxylic acids is 1. The molecule has 0 radical (unpaired) electrons. The Hall–Kier alpha value is -3.15. The Morgan fingerprint density at radius 2 is 1.78 bits per heavy atom. The van der Waals surface area contributed by atoms with E-state index in [-0.39, 0.29) is 6.09 Å². The van der Waals surface area contributed by atoms with E-state index in [9.17, 15) is 4.79 Å². The van der Waals surface area contributed by atoms with Crippen LogP contribution in [0.3, 0.4) is 0 Å². The number of benzene rings is 2. The van der Waals surface area contributed by atoms with Crippen molar-refractivity contribution >= 4 is 17.0 Å². The lowest BCUT2D eigenvalue weighted by atomic mass is 9.89. The summed E-state index contributed by atoms with van der Waals surface area (Å²) in [4.78, 5) is 23.7. The van der Waals surface area contributed by atoms with Crippen molar-refractivity contribution in [3.8, 4) is 17.1 Å². The number of hydrogen-bond acceptors (Lipinski definition) is 5. The number of hydrogen-bond donors (Lipinski definition) is 0. The quantitative estimate of drug-likeness (QED) is 0.439. The molecule has 6 heteroatoms. The minimum atomic E-state index is -0.457. The van der Waals surface area contributed by atoms with Crippen LogP contribution in [0.1, 0.15) is 56.4 Å². The van der Waals surface area contributed by atoms with Crippen LogP contribution < -0.4 is 4.74 Å². The summed E-state index contributed by atoms with van der Waals surface area (Å²) in [5.41, 5.74) is 5.19. The smallest absolute Gasteiger partial charge is 0.410 e. The van der Waals surface area contributed by atoms with Crippen molar-refractivity contribution in [1.29, 1.82) is 0 Å². The molecule has 0 saturated carbocycles. The Bertz CT molecular complexity index is 1170. The zero-order chi connectivity index (χ0) is 22.5. The fourth-order valence-electron chi connectivity index (χ4n) is 4.62. The van der Waals surface area contributed by atoms with E-state index in [4.69, 9.17) is 19.4 Å². The SMILES string of the molecule is COc1cc2c3c(nc(-c4ccc(C5CCN(C(=O)OC(C)(C)C)CC5)cc4)nc3c1)C2. The van der Waals surface area contributed by atoms with E-state index < -0.39 is 5.60 Å². The molecule has 1 fully saturated rings. The first-order chi connectivity index (χ1) is 15.3. The molecule has 1 aliphatic heterocycles. The molecule has 2 aliphatic rings. The molecule has 166 valence electrons. The van der Waals surface area contributed by atoms with Crippen molar-refractivity contribution in [3.05, 3.63) is 53.2 Å². The van der Waals surface area contributed by atoms with Crippen molar-refractivity contribution < 1.29 is 14.3 Å². The zero-order valence-electron chi connectivity index (χ0n) is 19.1. The summed E-state index contributed by atoms with van der Waals surface area (Å²) in [7, 11) is 1.69. The highest BCUT2D eigenvalue weighted by atomic mass is 16.6. The van der Waals surface area contributed by atoms with E-state index in [1.54, 1.807) is 7.11 Å². The molecule has 2 heterocycles. The fourth-order valence-corrected chi connectivity index (χ4v) is 4.62. The first kappa shape index (κ1) is 20.7. The second-order valence-corrected chi connectivity index (χ2v) is 9.72. The molecule has 0 unspecified atom stereocenters. The number of ether oxygens (including phenoxy) is 2. The predicted octanol–water partition coefficient (Wildman–Crippen LogP) is 5.32. The third kappa shape index (κ3) is 3.90. The van der Waals surface area contributed by atoms with Gasteiger partial charge in [-0.2, -0.15) is 0 Å². The van der Waals surface area contributed by atoms with Gasteiger partial charge >= 0.3 is 6.09 Å². The number of methoxy groups -OCH3 is 1. The average molecular weight is 432 g/mol. The number of rotatable bonds is 3. The topological polar surface area (TPSA) is 64.5 Å². The predicted molar refractivity (Wildman–Crippen MR) is 124 cm³/mol. The summed E-state index contributed by atoms with van der Waals surface area (Å²) in [6.45, 7) is 7.16. The van der Waals surface area contributed by atoms with Gasteiger partial charge in [-0.25, -0.2) is 14.8 Å². The van der Waals surface area contributed by atoms with Crippen molar-refractivity contribution in [2.24, 2.45) is 0 Å². The minimum absolute atomic E-state index is 0.211. The van der Waals surface area contributed by atoms with Crippen molar-refractivity contribution in [1.82, 2.24) is 14.9 Å². The van der Waals surface area contributed by atoms with Crippen LogP contribution in [0, 0.1) is 0 Å². The van der Waals surface area contributed by atoms with Gasteiger partial charge in [0.25, 0.3) is 0 Å². The van der Waals surface area contributed by atoms with Crippen molar-refractivity contribution in [3.63, 3.8) is 0 Å². The molecule has 0 spiro atoms. The lowest BCUT2D eigenvalue weighted by Crippen LogP contribution is -2.41. The molecule has 2 aromatic carbocycles. The normalized spacial score (nSPS) is 16.1. The molecule has 0 bridgehead atoms. The second kappa shape index (κ2) is 7.76. The molecule has 6 nitrogen and oxygen atoms in total. The Morgan fingerprint density at radius 3 is 2.44 bits per heavy atom. The van der Waals surface area contributed by atoms with Crippen LogP contribution >= 0.6 is 0 Å². The maximum Gasteiger partial charge on any atom is 0.410 e. The third-order valence-corrected chi connectivity index (χ3v) is 6.31. The van der Waals surface area contributed by atoms with Gasteiger partial charge in [0.05, 0.1) is 18.3 Å². The lowest BCUT2D eigenvalue weighted by molar-refractivity contribution is 0.0205. The summed E-state index contributed by atoms with van der Waals surface area (Å²) >= 11 is 0. The summed E-state index contributed by atoms with van der Waals surface area (Å²) in [5.74, 6) is 2.05.